The Labute approximate surface area is 83.2 Å². The highest BCUT2D eigenvalue weighted by molar-refractivity contribution is 5.37. The molecule has 0 N–H and O–H groups in total. The van der Waals surface area contributed by atoms with E-state index in [1.54, 1.807) is 0 Å². The molecule has 2 nitrogen and oxygen atoms in total. The highest BCUT2D eigenvalue weighted by Gasteiger charge is 2.25. The van der Waals surface area contributed by atoms with Crippen LogP contribution in [-0.2, 0) is 9.47 Å². The zero-order chi connectivity index (χ0) is 9.38. The number of hydrogen-bond donors (Lipinski definition) is 0. The molecule has 1 heterocycles. The molecule has 0 unspecified atom stereocenters. The summed E-state index contributed by atoms with van der Waals surface area (Å²) in [7, 11) is 0. The van der Waals surface area contributed by atoms with Crippen molar-refractivity contribution in [2.75, 3.05) is 0 Å². The van der Waals surface area contributed by atoms with Crippen molar-refractivity contribution in [3.63, 3.8) is 0 Å². The van der Waals surface area contributed by atoms with Gasteiger partial charge in [-0.1, -0.05) is 0 Å². The summed E-state index contributed by atoms with van der Waals surface area (Å²) in [6, 6.07) is 0. The van der Waals surface area contributed by atoms with Gasteiger partial charge in [0.25, 0.3) is 0 Å². The molecule has 14 heavy (non-hydrogen) atoms. The van der Waals surface area contributed by atoms with E-state index in [0.717, 1.165) is 48.7 Å². The van der Waals surface area contributed by atoms with Gasteiger partial charge in [0.2, 0.25) is 0 Å². The van der Waals surface area contributed by atoms with E-state index < -0.39 is 0 Å². The summed E-state index contributed by atoms with van der Waals surface area (Å²) >= 11 is 0. The molecule has 2 aliphatic carbocycles. The third-order valence-corrected chi connectivity index (χ3v) is 2.58. The number of ether oxygens (including phenoxy) is 2. The number of hydrogen-bond acceptors (Lipinski definition) is 2. The number of fused-ring (bicyclic) bond motifs is 2. The molecule has 72 valence electrons. The van der Waals surface area contributed by atoms with E-state index in [1.807, 2.05) is 0 Å². The van der Waals surface area contributed by atoms with Gasteiger partial charge in [-0.05, 0) is 50.0 Å². The minimum atomic E-state index is 0.890. The topological polar surface area (TPSA) is 18.5 Å². The van der Waals surface area contributed by atoms with Crippen molar-refractivity contribution >= 4 is 0 Å². The molecule has 0 spiro atoms. The van der Waals surface area contributed by atoms with Crippen LogP contribution in [0, 0.1) is 0 Å². The molecule has 0 bridgehead atoms. The van der Waals surface area contributed by atoms with Crippen molar-refractivity contribution in [1.29, 1.82) is 0 Å². The van der Waals surface area contributed by atoms with Crippen molar-refractivity contribution < 1.29 is 9.47 Å². The van der Waals surface area contributed by atoms with Gasteiger partial charge in [0.1, 0.15) is 0 Å². The van der Waals surface area contributed by atoms with Crippen LogP contribution >= 0.6 is 0 Å². The van der Waals surface area contributed by atoms with Crippen LogP contribution in [0.5, 0.6) is 0 Å². The summed E-state index contributed by atoms with van der Waals surface area (Å²) in [6.07, 6.45) is 12.6. The quantitative estimate of drug-likeness (QED) is 0.581. The average Bonchev–Trinajstić information content (AvgIpc) is 2.26. The van der Waals surface area contributed by atoms with Crippen LogP contribution in [0.25, 0.3) is 0 Å². The Balaban J connectivity index is 1.97. The van der Waals surface area contributed by atoms with Gasteiger partial charge in [0, 0.05) is 0 Å². The first-order chi connectivity index (χ1) is 6.93. The van der Waals surface area contributed by atoms with E-state index in [1.165, 1.54) is 0 Å². The standard InChI is InChI=1S/C12H12O2/c1-2-6-10-9(5-1)13-11-7-3-4-8-12(11)14-10/h5-8H,1-4H2. The second-order valence-corrected chi connectivity index (χ2v) is 3.63. The van der Waals surface area contributed by atoms with Crippen molar-refractivity contribution in [3.8, 4) is 0 Å². The lowest BCUT2D eigenvalue weighted by molar-refractivity contribution is 0.160. The molecule has 0 aromatic carbocycles. The molecule has 0 radical (unpaired) electrons. The Bertz CT molecular complexity index is 309. The Morgan fingerprint density at radius 1 is 0.571 bits per heavy atom. The van der Waals surface area contributed by atoms with Crippen molar-refractivity contribution in [2.24, 2.45) is 0 Å². The van der Waals surface area contributed by atoms with Crippen molar-refractivity contribution in [3.05, 3.63) is 47.3 Å². The van der Waals surface area contributed by atoms with Gasteiger partial charge in [-0.3, -0.25) is 0 Å². The molecular weight excluding hydrogens is 176 g/mol. The molecule has 3 aliphatic rings. The third-order valence-electron chi connectivity index (χ3n) is 2.58. The van der Waals surface area contributed by atoms with Gasteiger partial charge in [0.15, 0.2) is 23.0 Å². The summed E-state index contributed by atoms with van der Waals surface area (Å²) in [5, 5.41) is 0. The highest BCUT2D eigenvalue weighted by Crippen LogP contribution is 2.36. The van der Waals surface area contributed by atoms with E-state index >= 15 is 0 Å². The number of allylic oxidation sites excluding steroid dienone is 4. The van der Waals surface area contributed by atoms with Gasteiger partial charge in [-0.25, -0.2) is 0 Å². The molecule has 2 heteroatoms. The largest absolute Gasteiger partial charge is 0.450 e. The summed E-state index contributed by atoms with van der Waals surface area (Å²) < 4.78 is 11.5. The minimum absolute atomic E-state index is 0.890. The van der Waals surface area contributed by atoms with E-state index in [4.69, 9.17) is 9.47 Å². The molecule has 3 rings (SSSR count). The monoisotopic (exact) mass is 188 g/mol. The molecule has 0 aromatic rings. The average molecular weight is 188 g/mol. The maximum atomic E-state index is 5.75. The molecule has 0 amide bonds. The Morgan fingerprint density at radius 3 is 1.14 bits per heavy atom. The smallest absolute Gasteiger partial charge is 0.165 e. The summed E-state index contributed by atoms with van der Waals surface area (Å²) in [5.74, 6) is 3.56. The zero-order valence-electron chi connectivity index (χ0n) is 7.95. The summed E-state index contributed by atoms with van der Waals surface area (Å²) in [5.41, 5.74) is 0. The second kappa shape index (κ2) is 3.05. The van der Waals surface area contributed by atoms with E-state index in [2.05, 4.69) is 24.3 Å². The molecule has 0 atom stereocenters. The zero-order valence-corrected chi connectivity index (χ0v) is 7.95. The molecular formula is C12H12O2. The molecule has 1 saturated heterocycles. The SMILES string of the molecule is C1=C2OC3=CCCC=C3OC2=CCC1. The predicted octanol–water partition coefficient (Wildman–Crippen LogP) is 3.16. The lowest BCUT2D eigenvalue weighted by Gasteiger charge is -2.28. The van der Waals surface area contributed by atoms with E-state index in [0.29, 0.717) is 0 Å². The molecule has 0 aromatic heterocycles. The Hall–Kier alpha value is -1.44. The van der Waals surface area contributed by atoms with E-state index in [9.17, 15) is 0 Å². The van der Waals surface area contributed by atoms with Crippen LogP contribution in [0.3, 0.4) is 0 Å². The predicted molar refractivity (Wildman–Crippen MR) is 53.0 cm³/mol. The van der Waals surface area contributed by atoms with Gasteiger partial charge < -0.3 is 9.47 Å². The van der Waals surface area contributed by atoms with Crippen LogP contribution in [0.15, 0.2) is 47.3 Å². The first-order valence-electron chi connectivity index (χ1n) is 5.10. The maximum absolute atomic E-state index is 5.75. The summed E-state index contributed by atoms with van der Waals surface area (Å²) in [4.78, 5) is 0. The Kier molecular flexibility index (Phi) is 1.72. The van der Waals surface area contributed by atoms with Gasteiger partial charge in [-0.2, -0.15) is 0 Å². The first-order valence-corrected chi connectivity index (χ1v) is 5.10. The molecule has 0 saturated carbocycles. The lowest BCUT2D eigenvalue weighted by atomic mass is 10.1. The molecule has 1 aliphatic heterocycles. The first kappa shape index (κ1) is 7.92. The van der Waals surface area contributed by atoms with Gasteiger partial charge in [0.05, 0.1) is 0 Å². The van der Waals surface area contributed by atoms with Crippen molar-refractivity contribution in [2.45, 2.75) is 25.7 Å². The Morgan fingerprint density at radius 2 is 0.857 bits per heavy atom. The fourth-order valence-electron chi connectivity index (χ4n) is 1.86. The lowest BCUT2D eigenvalue weighted by Crippen LogP contribution is -2.14. The van der Waals surface area contributed by atoms with Crippen LogP contribution in [-0.4, -0.2) is 0 Å². The number of rotatable bonds is 0. The van der Waals surface area contributed by atoms with E-state index in [-0.39, 0.29) is 0 Å². The van der Waals surface area contributed by atoms with Crippen molar-refractivity contribution in [1.82, 2.24) is 0 Å². The minimum Gasteiger partial charge on any atom is -0.450 e. The van der Waals surface area contributed by atoms with Gasteiger partial charge >= 0.3 is 0 Å². The normalized spacial score (nSPS) is 24.0. The fourth-order valence-corrected chi connectivity index (χ4v) is 1.86. The highest BCUT2D eigenvalue weighted by atomic mass is 16.6. The maximum Gasteiger partial charge on any atom is 0.165 e. The van der Waals surface area contributed by atoms with Crippen LogP contribution in [0.1, 0.15) is 25.7 Å². The van der Waals surface area contributed by atoms with Crippen LogP contribution in [0.4, 0.5) is 0 Å². The van der Waals surface area contributed by atoms with Crippen LogP contribution < -0.4 is 0 Å². The summed E-state index contributed by atoms with van der Waals surface area (Å²) in [6.45, 7) is 0. The fraction of sp³-hybridized carbons (Fsp3) is 0.333. The third kappa shape index (κ3) is 1.18. The molecule has 1 fully saturated rings. The second-order valence-electron chi connectivity index (χ2n) is 3.63. The van der Waals surface area contributed by atoms with Crippen LogP contribution in [0.2, 0.25) is 0 Å². The van der Waals surface area contributed by atoms with Gasteiger partial charge in [-0.15, -0.1) is 0 Å².